The van der Waals surface area contributed by atoms with Gasteiger partial charge in [0.1, 0.15) is 0 Å². The van der Waals surface area contributed by atoms with Gasteiger partial charge in [0.15, 0.2) is 0 Å². The average Bonchev–Trinajstić information content (AvgIpc) is 2.33. The first-order valence-corrected chi connectivity index (χ1v) is 7.17. The van der Waals surface area contributed by atoms with Crippen LogP contribution in [0.3, 0.4) is 0 Å². The Hall–Kier alpha value is -0.380. The molecule has 0 atom stereocenters. The van der Waals surface area contributed by atoms with Gasteiger partial charge in [-0.15, -0.1) is 0 Å². The first-order valence-electron chi connectivity index (χ1n) is 5.64. The minimum Gasteiger partial charge on any atom is -0.384 e. The van der Waals surface area contributed by atoms with E-state index in [0.717, 1.165) is 23.8 Å². The Balaban J connectivity index is 1.69. The molecule has 2 nitrogen and oxygen atoms in total. The third-order valence-corrected chi connectivity index (χ3v) is 3.90. The highest BCUT2D eigenvalue weighted by molar-refractivity contribution is 7.99. The van der Waals surface area contributed by atoms with Crippen molar-refractivity contribution in [2.24, 2.45) is 0 Å². The third kappa shape index (κ3) is 3.89. The predicted molar refractivity (Wildman–Crippen MR) is 73.7 cm³/mol. The standard InChI is InChI=1S/C12H17ClN2S/c13-11-1-3-12(4-2-11)14-5-6-15-7-9-16-10-8-15/h1-4,14H,5-10H2. The zero-order chi connectivity index (χ0) is 11.2. The van der Waals surface area contributed by atoms with Crippen molar-refractivity contribution in [1.82, 2.24) is 4.90 Å². The molecular formula is C12H17ClN2S. The van der Waals surface area contributed by atoms with E-state index in [0.29, 0.717) is 0 Å². The molecule has 0 amide bonds. The van der Waals surface area contributed by atoms with E-state index in [4.69, 9.17) is 11.6 Å². The maximum atomic E-state index is 5.83. The van der Waals surface area contributed by atoms with E-state index in [9.17, 15) is 0 Å². The molecule has 0 aromatic heterocycles. The van der Waals surface area contributed by atoms with Crippen LogP contribution in [-0.4, -0.2) is 42.6 Å². The van der Waals surface area contributed by atoms with Crippen LogP contribution in [0.15, 0.2) is 24.3 Å². The van der Waals surface area contributed by atoms with Crippen molar-refractivity contribution in [3.8, 4) is 0 Å². The highest BCUT2D eigenvalue weighted by atomic mass is 35.5. The second kappa shape index (κ2) is 6.38. The minimum absolute atomic E-state index is 0.790. The fourth-order valence-corrected chi connectivity index (χ4v) is 2.86. The Kier molecular flexibility index (Phi) is 4.82. The highest BCUT2D eigenvalue weighted by Gasteiger charge is 2.08. The molecule has 1 aromatic rings. The Bertz CT molecular complexity index is 309. The number of nitrogens with zero attached hydrogens (tertiary/aromatic N) is 1. The average molecular weight is 257 g/mol. The van der Waals surface area contributed by atoms with Crippen molar-refractivity contribution in [1.29, 1.82) is 0 Å². The Morgan fingerprint density at radius 3 is 2.56 bits per heavy atom. The molecule has 0 bridgehead atoms. The zero-order valence-electron chi connectivity index (χ0n) is 9.29. The summed E-state index contributed by atoms with van der Waals surface area (Å²) in [6.45, 7) is 4.59. The molecule has 16 heavy (non-hydrogen) atoms. The summed E-state index contributed by atoms with van der Waals surface area (Å²) in [4.78, 5) is 2.51. The van der Waals surface area contributed by atoms with Crippen LogP contribution in [-0.2, 0) is 0 Å². The Labute approximate surface area is 106 Å². The van der Waals surface area contributed by atoms with Gasteiger partial charge < -0.3 is 5.32 Å². The number of halogens is 1. The van der Waals surface area contributed by atoms with Crippen molar-refractivity contribution in [3.05, 3.63) is 29.3 Å². The molecule has 2 rings (SSSR count). The van der Waals surface area contributed by atoms with E-state index in [1.54, 1.807) is 0 Å². The maximum Gasteiger partial charge on any atom is 0.0407 e. The highest BCUT2D eigenvalue weighted by Crippen LogP contribution is 2.13. The normalized spacial score (nSPS) is 17.3. The molecule has 88 valence electrons. The van der Waals surface area contributed by atoms with Crippen molar-refractivity contribution >= 4 is 29.1 Å². The Morgan fingerprint density at radius 1 is 1.19 bits per heavy atom. The van der Waals surface area contributed by atoms with Crippen LogP contribution in [0.5, 0.6) is 0 Å². The number of anilines is 1. The summed E-state index contributed by atoms with van der Waals surface area (Å²) >= 11 is 7.88. The predicted octanol–water partition coefficient (Wildman–Crippen LogP) is 2.80. The van der Waals surface area contributed by atoms with Crippen molar-refractivity contribution in [3.63, 3.8) is 0 Å². The van der Waals surface area contributed by atoms with Crippen LogP contribution in [0.4, 0.5) is 5.69 Å². The molecule has 1 aliphatic heterocycles. The van der Waals surface area contributed by atoms with Gasteiger partial charge in [-0.05, 0) is 24.3 Å². The summed E-state index contributed by atoms with van der Waals surface area (Å²) in [7, 11) is 0. The lowest BCUT2D eigenvalue weighted by atomic mass is 10.3. The van der Waals surface area contributed by atoms with Crippen molar-refractivity contribution in [2.45, 2.75) is 0 Å². The molecule has 1 heterocycles. The minimum atomic E-state index is 0.790. The van der Waals surface area contributed by atoms with E-state index in [2.05, 4.69) is 22.0 Å². The van der Waals surface area contributed by atoms with Crippen molar-refractivity contribution < 1.29 is 0 Å². The number of thioether (sulfide) groups is 1. The summed E-state index contributed by atoms with van der Waals surface area (Å²) < 4.78 is 0. The van der Waals surface area contributed by atoms with Gasteiger partial charge in [0.25, 0.3) is 0 Å². The molecule has 0 spiro atoms. The van der Waals surface area contributed by atoms with Gasteiger partial charge in [-0.1, -0.05) is 11.6 Å². The molecule has 1 fully saturated rings. The molecule has 1 aromatic carbocycles. The molecule has 0 aliphatic carbocycles. The summed E-state index contributed by atoms with van der Waals surface area (Å²) in [5.74, 6) is 2.56. The van der Waals surface area contributed by atoms with Gasteiger partial charge in [0.2, 0.25) is 0 Å². The number of benzene rings is 1. The quantitative estimate of drug-likeness (QED) is 0.892. The second-order valence-corrected chi connectivity index (χ2v) is 5.55. The first-order chi connectivity index (χ1) is 7.84. The van der Waals surface area contributed by atoms with Gasteiger partial charge in [0.05, 0.1) is 0 Å². The smallest absolute Gasteiger partial charge is 0.0407 e. The van der Waals surface area contributed by atoms with Gasteiger partial charge in [-0.25, -0.2) is 0 Å². The Morgan fingerprint density at radius 2 is 1.88 bits per heavy atom. The van der Waals surface area contributed by atoms with Crippen LogP contribution in [0, 0.1) is 0 Å². The fraction of sp³-hybridized carbons (Fsp3) is 0.500. The van der Waals surface area contributed by atoms with Crippen LogP contribution in [0.2, 0.25) is 5.02 Å². The molecule has 0 saturated carbocycles. The summed E-state index contributed by atoms with van der Waals surface area (Å²) in [5, 5.41) is 4.20. The summed E-state index contributed by atoms with van der Waals surface area (Å²) in [5.41, 5.74) is 1.15. The van der Waals surface area contributed by atoms with Crippen molar-refractivity contribution in [2.75, 3.05) is 43.0 Å². The number of hydrogen-bond acceptors (Lipinski definition) is 3. The van der Waals surface area contributed by atoms with Gasteiger partial charge >= 0.3 is 0 Å². The SMILES string of the molecule is Clc1ccc(NCCN2CCSCC2)cc1. The lowest BCUT2D eigenvalue weighted by Crippen LogP contribution is -2.36. The largest absolute Gasteiger partial charge is 0.384 e. The lowest BCUT2D eigenvalue weighted by Gasteiger charge is -2.26. The monoisotopic (exact) mass is 256 g/mol. The van der Waals surface area contributed by atoms with E-state index < -0.39 is 0 Å². The summed E-state index contributed by atoms with van der Waals surface area (Å²) in [6.07, 6.45) is 0. The van der Waals surface area contributed by atoms with E-state index in [1.807, 2.05) is 24.3 Å². The van der Waals surface area contributed by atoms with Crippen LogP contribution < -0.4 is 5.32 Å². The molecular weight excluding hydrogens is 240 g/mol. The number of hydrogen-bond donors (Lipinski definition) is 1. The van der Waals surface area contributed by atoms with E-state index in [1.165, 1.54) is 24.6 Å². The van der Waals surface area contributed by atoms with Gasteiger partial charge in [0, 0.05) is 48.4 Å². The van der Waals surface area contributed by atoms with Gasteiger partial charge in [-0.2, -0.15) is 11.8 Å². The lowest BCUT2D eigenvalue weighted by molar-refractivity contribution is 0.314. The van der Waals surface area contributed by atoms with Crippen LogP contribution >= 0.6 is 23.4 Å². The van der Waals surface area contributed by atoms with E-state index in [-0.39, 0.29) is 0 Å². The van der Waals surface area contributed by atoms with Gasteiger partial charge in [-0.3, -0.25) is 4.90 Å². The number of rotatable bonds is 4. The fourth-order valence-electron chi connectivity index (χ4n) is 1.75. The number of nitrogens with one attached hydrogen (secondary N) is 1. The zero-order valence-corrected chi connectivity index (χ0v) is 10.9. The third-order valence-electron chi connectivity index (χ3n) is 2.71. The van der Waals surface area contributed by atoms with Crippen LogP contribution in [0.25, 0.3) is 0 Å². The van der Waals surface area contributed by atoms with Crippen LogP contribution in [0.1, 0.15) is 0 Å². The first kappa shape index (κ1) is 12.1. The molecule has 1 aliphatic rings. The molecule has 1 N–H and O–H groups in total. The molecule has 4 heteroatoms. The van der Waals surface area contributed by atoms with E-state index >= 15 is 0 Å². The summed E-state index contributed by atoms with van der Waals surface area (Å²) in [6, 6.07) is 7.88. The topological polar surface area (TPSA) is 15.3 Å². The maximum absolute atomic E-state index is 5.83. The molecule has 0 radical (unpaired) electrons. The molecule has 1 saturated heterocycles. The molecule has 0 unspecified atom stereocenters. The second-order valence-electron chi connectivity index (χ2n) is 3.89.